The van der Waals surface area contributed by atoms with Crippen LogP contribution in [0.15, 0.2) is 36.4 Å². The zero-order chi connectivity index (χ0) is 14.5. The number of benzene rings is 2. The highest BCUT2D eigenvalue weighted by molar-refractivity contribution is 9.08. The van der Waals surface area contributed by atoms with Crippen LogP contribution in [-0.4, -0.2) is 7.11 Å². The molecule has 0 aliphatic heterocycles. The molecule has 0 saturated carbocycles. The summed E-state index contributed by atoms with van der Waals surface area (Å²) in [6, 6.07) is 10.2. The molecule has 0 saturated heterocycles. The van der Waals surface area contributed by atoms with E-state index in [1.165, 1.54) is 6.07 Å². The predicted molar refractivity (Wildman–Crippen MR) is 81.4 cm³/mol. The van der Waals surface area contributed by atoms with Crippen LogP contribution in [0.5, 0.6) is 11.5 Å². The third-order valence-electron chi connectivity index (χ3n) is 2.76. The molecule has 0 atom stereocenters. The number of ether oxygens (including phenoxy) is 2. The summed E-state index contributed by atoms with van der Waals surface area (Å²) in [4.78, 5) is 0. The Balaban J connectivity index is 2.15. The second kappa shape index (κ2) is 6.95. The van der Waals surface area contributed by atoms with E-state index in [9.17, 15) is 4.39 Å². The normalized spacial score (nSPS) is 10.4. The van der Waals surface area contributed by atoms with Crippen molar-refractivity contribution in [2.24, 2.45) is 0 Å². The lowest BCUT2D eigenvalue weighted by molar-refractivity contribution is 0.284. The van der Waals surface area contributed by atoms with Gasteiger partial charge in [0.15, 0.2) is 11.5 Å². The first-order valence-corrected chi connectivity index (χ1v) is 7.43. The first kappa shape index (κ1) is 15.1. The summed E-state index contributed by atoms with van der Waals surface area (Å²) >= 11 is 9.14. The number of alkyl halides is 1. The number of hydrogen-bond donors (Lipinski definition) is 0. The van der Waals surface area contributed by atoms with Gasteiger partial charge in [0.2, 0.25) is 0 Å². The molecule has 2 nitrogen and oxygen atoms in total. The quantitative estimate of drug-likeness (QED) is 0.702. The van der Waals surface area contributed by atoms with E-state index in [0.717, 1.165) is 16.5 Å². The zero-order valence-corrected chi connectivity index (χ0v) is 13.2. The predicted octanol–water partition coefficient (Wildman–Crippen LogP) is 4.96. The minimum Gasteiger partial charge on any atom is -0.493 e. The molecule has 0 spiro atoms. The smallest absolute Gasteiger partial charge is 0.161 e. The molecular formula is C15H13BrClFO2. The Bertz CT molecular complexity index is 604. The molecule has 0 radical (unpaired) electrons. The molecule has 0 fully saturated rings. The van der Waals surface area contributed by atoms with Gasteiger partial charge in [0, 0.05) is 5.33 Å². The molecular weight excluding hydrogens is 347 g/mol. The Morgan fingerprint density at radius 2 is 1.85 bits per heavy atom. The first-order chi connectivity index (χ1) is 9.63. The molecule has 20 heavy (non-hydrogen) atoms. The Kier molecular flexibility index (Phi) is 5.26. The molecule has 0 aliphatic carbocycles. The minimum absolute atomic E-state index is 0.0901. The lowest BCUT2D eigenvalue weighted by atomic mass is 10.2. The van der Waals surface area contributed by atoms with Crippen molar-refractivity contribution in [3.05, 3.63) is 58.4 Å². The number of hydrogen-bond acceptors (Lipinski definition) is 2. The third-order valence-corrected chi connectivity index (χ3v) is 3.70. The van der Waals surface area contributed by atoms with Gasteiger partial charge in [0.05, 0.1) is 12.1 Å². The second-order valence-electron chi connectivity index (χ2n) is 4.16. The lowest BCUT2D eigenvalue weighted by Crippen LogP contribution is -1.98. The molecule has 0 unspecified atom stereocenters. The highest BCUT2D eigenvalue weighted by Gasteiger charge is 2.07. The van der Waals surface area contributed by atoms with E-state index in [1.807, 2.05) is 18.2 Å². The molecule has 0 N–H and O–H groups in total. The summed E-state index contributed by atoms with van der Waals surface area (Å²) in [6.07, 6.45) is 0. The van der Waals surface area contributed by atoms with Gasteiger partial charge in [-0.15, -0.1) is 0 Å². The SMILES string of the molecule is COc1ccc(CBr)cc1OCc1ccc(F)c(Cl)c1. The van der Waals surface area contributed by atoms with Crippen LogP contribution >= 0.6 is 27.5 Å². The monoisotopic (exact) mass is 358 g/mol. The van der Waals surface area contributed by atoms with Gasteiger partial charge in [-0.2, -0.15) is 0 Å². The van der Waals surface area contributed by atoms with E-state index in [2.05, 4.69) is 15.9 Å². The average molecular weight is 360 g/mol. The van der Waals surface area contributed by atoms with E-state index in [-0.39, 0.29) is 5.02 Å². The average Bonchev–Trinajstić information content (AvgIpc) is 2.48. The molecule has 106 valence electrons. The molecule has 0 bridgehead atoms. The Labute approximate surface area is 130 Å². The van der Waals surface area contributed by atoms with Crippen molar-refractivity contribution < 1.29 is 13.9 Å². The molecule has 2 rings (SSSR count). The fourth-order valence-electron chi connectivity index (χ4n) is 1.71. The van der Waals surface area contributed by atoms with Gasteiger partial charge in [-0.05, 0) is 35.4 Å². The van der Waals surface area contributed by atoms with Gasteiger partial charge in [-0.1, -0.05) is 39.7 Å². The van der Waals surface area contributed by atoms with Gasteiger partial charge in [-0.25, -0.2) is 4.39 Å². The Morgan fingerprint density at radius 3 is 2.50 bits per heavy atom. The van der Waals surface area contributed by atoms with Gasteiger partial charge in [0.1, 0.15) is 12.4 Å². The van der Waals surface area contributed by atoms with Crippen LogP contribution in [0.2, 0.25) is 5.02 Å². The van der Waals surface area contributed by atoms with Crippen molar-refractivity contribution >= 4 is 27.5 Å². The van der Waals surface area contributed by atoms with Crippen LogP contribution in [0.1, 0.15) is 11.1 Å². The van der Waals surface area contributed by atoms with Gasteiger partial charge >= 0.3 is 0 Å². The second-order valence-corrected chi connectivity index (χ2v) is 5.12. The van der Waals surface area contributed by atoms with Crippen molar-refractivity contribution in [2.75, 3.05) is 7.11 Å². The largest absolute Gasteiger partial charge is 0.493 e. The third kappa shape index (κ3) is 3.64. The molecule has 5 heteroatoms. The van der Waals surface area contributed by atoms with E-state index in [0.29, 0.717) is 18.1 Å². The van der Waals surface area contributed by atoms with E-state index in [4.69, 9.17) is 21.1 Å². The van der Waals surface area contributed by atoms with E-state index < -0.39 is 5.82 Å². The van der Waals surface area contributed by atoms with Crippen molar-refractivity contribution in [1.29, 1.82) is 0 Å². The summed E-state index contributed by atoms with van der Waals surface area (Å²) in [7, 11) is 1.59. The lowest BCUT2D eigenvalue weighted by Gasteiger charge is -2.12. The van der Waals surface area contributed by atoms with E-state index >= 15 is 0 Å². The van der Waals surface area contributed by atoms with Crippen molar-refractivity contribution in [3.63, 3.8) is 0 Å². The van der Waals surface area contributed by atoms with Crippen LogP contribution in [0.3, 0.4) is 0 Å². The van der Waals surface area contributed by atoms with Crippen LogP contribution < -0.4 is 9.47 Å². The number of methoxy groups -OCH3 is 1. The fourth-order valence-corrected chi connectivity index (χ4v) is 2.26. The van der Waals surface area contributed by atoms with Crippen molar-refractivity contribution in [1.82, 2.24) is 0 Å². The zero-order valence-electron chi connectivity index (χ0n) is 10.8. The maximum Gasteiger partial charge on any atom is 0.161 e. The highest BCUT2D eigenvalue weighted by atomic mass is 79.9. The summed E-state index contributed by atoms with van der Waals surface area (Å²) in [6.45, 7) is 0.294. The summed E-state index contributed by atoms with van der Waals surface area (Å²) in [5, 5.41) is 0.822. The molecule has 2 aromatic rings. The first-order valence-electron chi connectivity index (χ1n) is 5.93. The summed E-state index contributed by atoms with van der Waals surface area (Å²) in [5.74, 6) is 0.863. The molecule has 0 aliphatic rings. The topological polar surface area (TPSA) is 18.5 Å². The van der Waals surface area contributed by atoms with Crippen molar-refractivity contribution in [3.8, 4) is 11.5 Å². The van der Waals surface area contributed by atoms with Gasteiger partial charge in [-0.3, -0.25) is 0 Å². The molecule has 0 heterocycles. The Morgan fingerprint density at radius 1 is 1.10 bits per heavy atom. The summed E-state index contributed by atoms with van der Waals surface area (Å²) < 4.78 is 24.1. The molecule has 0 amide bonds. The van der Waals surface area contributed by atoms with Gasteiger partial charge < -0.3 is 9.47 Å². The van der Waals surface area contributed by atoms with Crippen LogP contribution in [-0.2, 0) is 11.9 Å². The number of rotatable bonds is 5. The maximum absolute atomic E-state index is 13.1. The summed E-state index contributed by atoms with van der Waals surface area (Å²) in [5.41, 5.74) is 1.88. The van der Waals surface area contributed by atoms with Crippen LogP contribution in [0, 0.1) is 5.82 Å². The standard InChI is InChI=1S/C15H13BrClFO2/c1-19-14-5-3-10(8-16)7-15(14)20-9-11-2-4-13(18)12(17)6-11/h2-7H,8-9H2,1H3. The minimum atomic E-state index is -0.436. The molecule has 0 aromatic heterocycles. The maximum atomic E-state index is 13.1. The van der Waals surface area contributed by atoms with Crippen LogP contribution in [0.25, 0.3) is 0 Å². The van der Waals surface area contributed by atoms with E-state index in [1.54, 1.807) is 19.2 Å². The molecule has 2 aromatic carbocycles. The Hall–Kier alpha value is -1.26. The number of halogens is 3. The highest BCUT2D eigenvalue weighted by Crippen LogP contribution is 2.30. The van der Waals surface area contributed by atoms with Crippen molar-refractivity contribution in [2.45, 2.75) is 11.9 Å². The van der Waals surface area contributed by atoms with Crippen LogP contribution in [0.4, 0.5) is 4.39 Å². The van der Waals surface area contributed by atoms with Gasteiger partial charge in [0.25, 0.3) is 0 Å². The fraction of sp³-hybridized carbons (Fsp3) is 0.200.